The van der Waals surface area contributed by atoms with Gasteiger partial charge < -0.3 is 15.1 Å². The highest BCUT2D eigenvalue weighted by Gasteiger charge is 2.47. The van der Waals surface area contributed by atoms with Crippen molar-refractivity contribution in [1.82, 2.24) is 19.6 Å². The summed E-state index contributed by atoms with van der Waals surface area (Å²) in [5.74, 6) is 0.407. The molecule has 2 aliphatic heterocycles. The Labute approximate surface area is 164 Å². The van der Waals surface area contributed by atoms with E-state index in [0.717, 1.165) is 24.1 Å². The van der Waals surface area contributed by atoms with Gasteiger partial charge in [0.15, 0.2) is 11.7 Å². The number of nitrogens with zero attached hydrogens (tertiary/aromatic N) is 4. The summed E-state index contributed by atoms with van der Waals surface area (Å²) in [5, 5.41) is 7.22. The molecule has 1 aromatic rings. The number of rotatable bonds is 4. The monoisotopic (exact) mass is 401 g/mol. The van der Waals surface area contributed by atoms with Gasteiger partial charge in [-0.15, -0.1) is 0 Å². The number of hydrogen-bond donors (Lipinski definition) is 1. The normalized spacial score (nSPS) is 25.8. The zero-order valence-corrected chi connectivity index (χ0v) is 17.0. The fourth-order valence-electron chi connectivity index (χ4n) is 4.22. The fourth-order valence-corrected chi connectivity index (χ4v) is 4.22. The maximum Gasteiger partial charge on any atom is 0.410 e. The molecule has 2 aliphatic rings. The van der Waals surface area contributed by atoms with E-state index in [1.54, 1.807) is 4.90 Å². The van der Waals surface area contributed by atoms with Gasteiger partial charge in [0.1, 0.15) is 5.82 Å². The van der Waals surface area contributed by atoms with E-state index in [2.05, 4.69) is 15.3 Å². The zero-order chi connectivity index (χ0) is 20.6. The number of nitrogens with one attached hydrogen (secondary N) is 1. The van der Waals surface area contributed by atoms with E-state index in [4.69, 9.17) is 0 Å². The Morgan fingerprint density at radius 1 is 1.39 bits per heavy atom. The first kappa shape index (κ1) is 21.0. The third kappa shape index (κ3) is 4.45. The minimum absolute atomic E-state index is 0.0431. The largest absolute Gasteiger partial charge is 0.410 e. The molecule has 1 aromatic heterocycles. The number of carbonyl (C=O) groups is 1. The lowest BCUT2D eigenvalue weighted by molar-refractivity contribution is -0.174. The minimum Gasteiger partial charge on any atom is -0.367 e. The number of anilines is 1. The van der Waals surface area contributed by atoms with Crippen LogP contribution in [0.1, 0.15) is 49.6 Å². The van der Waals surface area contributed by atoms with E-state index < -0.39 is 12.2 Å². The Morgan fingerprint density at radius 3 is 2.71 bits per heavy atom. The molecule has 0 spiro atoms. The van der Waals surface area contributed by atoms with Gasteiger partial charge in [0.2, 0.25) is 0 Å². The van der Waals surface area contributed by atoms with Gasteiger partial charge in [0, 0.05) is 31.7 Å². The third-order valence-electron chi connectivity index (χ3n) is 5.67. The highest BCUT2D eigenvalue weighted by molar-refractivity contribution is 5.93. The molecule has 6 nitrogen and oxygen atoms in total. The SMILES string of the molecule is CC(C)[C@@H]1C[C@H](C(F)(F)F)n2nc(C(=O)N3CCCC(CN(C)C)C3)cc2N1. The van der Waals surface area contributed by atoms with Gasteiger partial charge in [-0.1, -0.05) is 13.8 Å². The average Bonchev–Trinajstić information content (AvgIpc) is 3.02. The van der Waals surface area contributed by atoms with Crippen LogP contribution in [-0.4, -0.2) is 71.4 Å². The van der Waals surface area contributed by atoms with E-state index >= 15 is 0 Å². The van der Waals surface area contributed by atoms with Crippen LogP contribution in [0, 0.1) is 11.8 Å². The third-order valence-corrected chi connectivity index (χ3v) is 5.67. The summed E-state index contributed by atoms with van der Waals surface area (Å²) >= 11 is 0. The van der Waals surface area contributed by atoms with E-state index in [1.165, 1.54) is 6.07 Å². The van der Waals surface area contributed by atoms with Crippen molar-refractivity contribution in [3.05, 3.63) is 11.8 Å². The summed E-state index contributed by atoms with van der Waals surface area (Å²) in [7, 11) is 4.00. The van der Waals surface area contributed by atoms with Gasteiger partial charge in [-0.25, -0.2) is 4.68 Å². The van der Waals surface area contributed by atoms with Crippen LogP contribution in [0.15, 0.2) is 6.07 Å². The van der Waals surface area contributed by atoms with Gasteiger partial charge in [0.25, 0.3) is 5.91 Å². The molecular formula is C19H30F3N5O. The Bertz CT molecular complexity index is 700. The van der Waals surface area contributed by atoms with Crippen molar-refractivity contribution in [2.24, 2.45) is 11.8 Å². The van der Waals surface area contributed by atoms with Gasteiger partial charge >= 0.3 is 6.18 Å². The highest BCUT2D eigenvalue weighted by Crippen LogP contribution is 2.40. The van der Waals surface area contributed by atoms with Gasteiger partial charge in [-0.05, 0) is 45.2 Å². The quantitative estimate of drug-likeness (QED) is 0.842. The van der Waals surface area contributed by atoms with E-state index in [0.29, 0.717) is 19.0 Å². The predicted molar refractivity (Wildman–Crippen MR) is 101 cm³/mol. The van der Waals surface area contributed by atoms with Crippen LogP contribution in [0.3, 0.4) is 0 Å². The molecule has 1 N–H and O–H groups in total. The van der Waals surface area contributed by atoms with Crippen LogP contribution in [0.2, 0.25) is 0 Å². The standard InChI is InChI=1S/C19H30F3N5O/c1-12(2)14-8-16(19(20,21)22)27-17(23-14)9-15(24-27)18(28)26-7-5-6-13(11-26)10-25(3)4/h9,12-14,16,23H,5-8,10-11H2,1-4H3/t13?,14-,16+/m0/s1. The zero-order valence-electron chi connectivity index (χ0n) is 17.0. The summed E-state index contributed by atoms with van der Waals surface area (Å²) in [5.41, 5.74) is 0.0895. The highest BCUT2D eigenvalue weighted by atomic mass is 19.4. The van der Waals surface area contributed by atoms with Crippen LogP contribution in [0.4, 0.5) is 19.0 Å². The van der Waals surface area contributed by atoms with Crippen molar-refractivity contribution >= 4 is 11.7 Å². The summed E-state index contributed by atoms with van der Waals surface area (Å²) in [6.45, 7) is 5.90. The number of carbonyl (C=O) groups excluding carboxylic acids is 1. The number of hydrogen-bond acceptors (Lipinski definition) is 4. The van der Waals surface area contributed by atoms with Gasteiger partial charge in [-0.2, -0.15) is 18.3 Å². The van der Waals surface area contributed by atoms with Crippen molar-refractivity contribution in [2.75, 3.05) is 39.0 Å². The minimum atomic E-state index is -4.40. The molecule has 0 bridgehead atoms. The average molecular weight is 401 g/mol. The molecular weight excluding hydrogens is 371 g/mol. The Balaban J connectivity index is 1.82. The summed E-state index contributed by atoms with van der Waals surface area (Å²) < 4.78 is 41.8. The molecule has 158 valence electrons. The molecule has 0 aliphatic carbocycles. The first-order chi connectivity index (χ1) is 13.1. The van der Waals surface area contributed by atoms with Crippen LogP contribution in [0.25, 0.3) is 0 Å². The predicted octanol–water partition coefficient (Wildman–Crippen LogP) is 3.24. The second kappa shape index (κ2) is 7.93. The number of piperidine rings is 1. The van der Waals surface area contributed by atoms with Crippen LogP contribution < -0.4 is 5.32 Å². The lowest BCUT2D eigenvalue weighted by atomic mass is 9.94. The number of amides is 1. The number of aromatic nitrogens is 2. The number of halogens is 3. The first-order valence-electron chi connectivity index (χ1n) is 9.93. The lowest BCUT2D eigenvalue weighted by Crippen LogP contribution is -2.43. The molecule has 1 fully saturated rings. The summed E-state index contributed by atoms with van der Waals surface area (Å²) in [6, 6.07) is -0.538. The van der Waals surface area contributed by atoms with Crippen molar-refractivity contribution in [3.8, 4) is 0 Å². The van der Waals surface area contributed by atoms with Crippen LogP contribution >= 0.6 is 0 Å². The maximum absolute atomic E-state index is 13.6. The number of alkyl halides is 3. The van der Waals surface area contributed by atoms with E-state index in [1.807, 2.05) is 27.9 Å². The summed E-state index contributed by atoms with van der Waals surface area (Å²) in [6.07, 6.45) is -2.54. The van der Waals surface area contributed by atoms with Gasteiger partial charge in [-0.3, -0.25) is 4.79 Å². The molecule has 28 heavy (non-hydrogen) atoms. The lowest BCUT2D eigenvalue weighted by Gasteiger charge is -2.35. The molecule has 1 saturated heterocycles. The smallest absolute Gasteiger partial charge is 0.367 e. The second-order valence-electron chi connectivity index (χ2n) is 8.67. The summed E-state index contributed by atoms with van der Waals surface area (Å²) in [4.78, 5) is 16.8. The molecule has 3 heterocycles. The van der Waals surface area contributed by atoms with Crippen molar-refractivity contribution in [1.29, 1.82) is 0 Å². The molecule has 0 saturated carbocycles. The van der Waals surface area contributed by atoms with Crippen molar-refractivity contribution < 1.29 is 18.0 Å². The second-order valence-corrected chi connectivity index (χ2v) is 8.67. The number of likely N-dealkylation sites (tertiary alicyclic amines) is 1. The maximum atomic E-state index is 13.6. The van der Waals surface area contributed by atoms with Crippen LogP contribution in [-0.2, 0) is 0 Å². The molecule has 1 amide bonds. The number of fused-ring (bicyclic) bond motifs is 1. The molecule has 0 radical (unpaired) electrons. The topological polar surface area (TPSA) is 53.4 Å². The fraction of sp³-hybridized carbons (Fsp3) is 0.789. The van der Waals surface area contributed by atoms with E-state index in [9.17, 15) is 18.0 Å². The molecule has 0 aromatic carbocycles. The Hall–Kier alpha value is -1.77. The van der Waals surface area contributed by atoms with Crippen LogP contribution in [0.5, 0.6) is 0 Å². The molecule has 3 rings (SSSR count). The van der Waals surface area contributed by atoms with Gasteiger partial charge in [0.05, 0.1) is 0 Å². The Morgan fingerprint density at radius 2 is 2.11 bits per heavy atom. The van der Waals surface area contributed by atoms with Crippen molar-refractivity contribution in [2.45, 2.75) is 51.4 Å². The Kier molecular flexibility index (Phi) is 5.93. The van der Waals surface area contributed by atoms with Crippen molar-refractivity contribution in [3.63, 3.8) is 0 Å². The molecule has 1 unspecified atom stereocenters. The van der Waals surface area contributed by atoms with E-state index in [-0.39, 0.29) is 35.8 Å². The molecule has 3 atom stereocenters. The first-order valence-corrected chi connectivity index (χ1v) is 9.93. The molecule has 9 heteroatoms.